The Kier molecular flexibility index (Phi) is 6.84. The zero-order valence-corrected chi connectivity index (χ0v) is 8.98. The van der Waals surface area contributed by atoms with E-state index in [1.165, 1.54) is 36.8 Å². The van der Waals surface area contributed by atoms with Gasteiger partial charge in [-0.2, -0.15) is 0 Å². The van der Waals surface area contributed by atoms with Gasteiger partial charge in [-0.3, -0.25) is 0 Å². The molecule has 0 aromatic carbocycles. The van der Waals surface area contributed by atoms with Crippen LogP contribution in [0.3, 0.4) is 0 Å². The first-order chi connectivity index (χ1) is 5.70. The summed E-state index contributed by atoms with van der Waals surface area (Å²) in [5.74, 6) is 0. The number of unbranched alkanes of at least 4 members (excludes halogenated alkanes) is 1. The van der Waals surface area contributed by atoms with Gasteiger partial charge in [0, 0.05) is 0 Å². The maximum absolute atomic E-state index is 2.32. The van der Waals surface area contributed by atoms with E-state index in [2.05, 4.69) is 39.8 Å². The van der Waals surface area contributed by atoms with Gasteiger partial charge >= 0.3 is 0 Å². The second-order valence-corrected chi connectivity index (χ2v) is 3.48. The van der Waals surface area contributed by atoms with Gasteiger partial charge in [0.05, 0.1) is 0 Å². The number of rotatable bonds is 5. The molecule has 0 atom stereocenters. The molecular formula is C12H22. The Balaban J connectivity index is 3.93. The Bertz CT molecular complexity index is 161. The molecule has 0 radical (unpaired) electrons. The third kappa shape index (κ3) is 6.21. The van der Waals surface area contributed by atoms with Gasteiger partial charge in [-0.25, -0.2) is 0 Å². The number of hydrogen-bond donors (Lipinski definition) is 0. The largest absolute Gasteiger partial charge is 0.0816 e. The van der Waals surface area contributed by atoms with Gasteiger partial charge in [-0.05, 0) is 26.7 Å². The van der Waals surface area contributed by atoms with E-state index in [1.54, 1.807) is 0 Å². The van der Waals surface area contributed by atoms with Crippen molar-refractivity contribution in [1.29, 1.82) is 0 Å². The fourth-order valence-electron chi connectivity index (χ4n) is 1.29. The van der Waals surface area contributed by atoms with E-state index >= 15 is 0 Å². The normalized spacial score (nSPS) is 13.7. The molecule has 0 nitrogen and oxygen atoms in total. The molecule has 0 aliphatic carbocycles. The molecule has 0 aromatic rings. The first kappa shape index (κ1) is 11.5. The molecule has 0 fully saturated rings. The van der Waals surface area contributed by atoms with E-state index in [9.17, 15) is 0 Å². The lowest BCUT2D eigenvalue weighted by molar-refractivity contribution is 0.902. The van der Waals surface area contributed by atoms with Gasteiger partial charge < -0.3 is 0 Å². The van der Waals surface area contributed by atoms with Crippen LogP contribution in [0.1, 0.15) is 53.4 Å². The van der Waals surface area contributed by atoms with Crippen molar-refractivity contribution in [3.8, 4) is 0 Å². The monoisotopic (exact) mass is 166 g/mol. The third-order valence-corrected chi connectivity index (χ3v) is 1.87. The average Bonchev–Trinajstić information content (AvgIpc) is 2.01. The minimum Gasteiger partial charge on any atom is -0.0816 e. The van der Waals surface area contributed by atoms with Crippen molar-refractivity contribution in [3.63, 3.8) is 0 Å². The maximum Gasteiger partial charge on any atom is -0.0322 e. The summed E-state index contributed by atoms with van der Waals surface area (Å²) in [5.41, 5.74) is 2.92. The second-order valence-electron chi connectivity index (χ2n) is 3.48. The van der Waals surface area contributed by atoms with Crippen molar-refractivity contribution in [1.82, 2.24) is 0 Å². The van der Waals surface area contributed by atoms with Crippen LogP contribution in [0, 0.1) is 0 Å². The molecule has 0 aromatic heterocycles. The molecule has 0 bridgehead atoms. The third-order valence-electron chi connectivity index (χ3n) is 1.87. The molecule has 0 N–H and O–H groups in total. The van der Waals surface area contributed by atoms with E-state index in [0.717, 1.165) is 0 Å². The molecule has 0 amide bonds. The predicted molar refractivity (Wildman–Crippen MR) is 57.3 cm³/mol. The SMILES string of the molecule is CCCC=C(C)C=C(C)CCC. The van der Waals surface area contributed by atoms with E-state index in [-0.39, 0.29) is 0 Å². The Morgan fingerprint density at radius 3 is 2.25 bits per heavy atom. The lowest BCUT2D eigenvalue weighted by Gasteiger charge is -1.98. The van der Waals surface area contributed by atoms with Crippen LogP contribution in [-0.4, -0.2) is 0 Å². The molecular weight excluding hydrogens is 144 g/mol. The van der Waals surface area contributed by atoms with Crippen LogP contribution in [-0.2, 0) is 0 Å². The van der Waals surface area contributed by atoms with Gasteiger partial charge in [0.25, 0.3) is 0 Å². The fourth-order valence-corrected chi connectivity index (χ4v) is 1.29. The molecule has 0 spiro atoms. The first-order valence-electron chi connectivity index (χ1n) is 5.04. The minimum absolute atomic E-state index is 1.21. The molecule has 0 aliphatic rings. The number of allylic oxidation sites excluding steroid dienone is 4. The summed E-state index contributed by atoms with van der Waals surface area (Å²) in [4.78, 5) is 0. The Morgan fingerprint density at radius 2 is 1.75 bits per heavy atom. The van der Waals surface area contributed by atoms with Crippen molar-refractivity contribution in [2.75, 3.05) is 0 Å². The van der Waals surface area contributed by atoms with Gasteiger partial charge in [0.1, 0.15) is 0 Å². The quantitative estimate of drug-likeness (QED) is 0.528. The highest BCUT2D eigenvalue weighted by molar-refractivity contribution is 5.20. The van der Waals surface area contributed by atoms with Crippen LogP contribution in [0.4, 0.5) is 0 Å². The summed E-state index contributed by atoms with van der Waals surface area (Å²) in [6.07, 6.45) is 9.57. The van der Waals surface area contributed by atoms with Crippen LogP contribution in [0.5, 0.6) is 0 Å². The molecule has 0 saturated carbocycles. The van der Waals surface area contributed by atoms with Crippen molar-refractivity contribution >= 4 is 0 Å². The van der Waals surface area contributed by atoms with Crippen LogP contribution in [0.15, 0.2) is 23.3 Å². The average molecular weight is 166 g/mol. The second kappa shape index (κ2) is 7.15. The standard InChI is InChI=1S/C12H22/c1-5-7-9-12(4)10-11(3)8-6-2/h9-10H,5-8H2,1-4H3. The molecule has 0 saturated heterocycles. The van der Waals surface area contributed by atoms with E-state index < -0.39 is 0 Å². The molecule has 12 heavy (non-hydrogen) atoms. The predicted octanol–water partition coefficient (Wildman–Crippen LogP) is 4.48. The Morgan fingerprint density at radius 1 is 1.08 bits per heavy atom. The minimum atomic E-state index is 1.21. The smallest absolute Gasteiger partial charge is 0.0322 e. The van der Waals surface area contributed by atoms with E-state index in [0.29, 0.717) is 0 Å². The summed E-state index contributed by atoms with van der Waals surface area (Å²) < 4.78 is 0. The lowest BCUT2D eigenvalue weighted by atomic mass is 10.1. The summed E-state index contributed by atoms with van der Waals surface area (Å²) in [5, 5.41) is 0. The lowest BCUT2D eigenvalue weighted by Crippen LogP contribution is -1.77. The topological polar surface area (TPSA) is 0 Å². The van der Waals surface area contributed by atoms with Crippen LogP contribution >= 0.6 is 0 Å². The van der Waals surface area contributed by atoms with E-state index in [1.807, 2.05) is 0 Å². The molecule has 0 heteroatoms. The highest BCUT2D eigenvalue weighted by Gasteiger charge is 1.87. The van der Waals surface area contributed by atoms with Gasteiger partial charge in [-0.1, -0.05) is 50.0 Å². The summed E-state index contributed by atoms with van der Waals surface area (Å²) in [7, 11) is 0. The van der Waals surface area contributed by atoms with Crippen molar-refractivity contribution in [2.24, 2.45) is 0 Å². The summed E-state index contributed by atoms with van der Waals surface area (Å²) in [6, 6.07) is 0. The fraction of sp³-hybridized carbons (Fsp3) is 0.667. The highest BCUT2D eigenvalue weighted by Crippen LogP contribution is 2.08. The molecule has 70 valence electrons. The Labute approximate surface area is 77.4 Å². The maximum atomic E-state index is 2.32. The molecule has 0 aliphatic heterocycles. The van der Waals surface area contributed by atoms with Gasteiger partial charge in [0.15, 0.2) is 0 Å². The zero-order valence-electron chi connectivity index (χ0n) is 8.98. The van der Waals surface area contributed by atoms with Crippen LogP contribution in [0.25, 0.3) is 0 Å². The highest BCUT2D eigenvalue weighted by atomic mass is 13.9. The number of hydrogen-bond acceptors (Lipinski definition) is 0. The van der Waals surface area contributed by atoms with Crippen LogP contribution in [0.2, 0.25) is 0 Å². The van der Waals surface area contributed by atoms with Gasteiger partial charge in [-0.15, -0.1) is 0 Å². The van der Waals surface area contributed by atoms with Gasteiger partial charge in [0.2, 0.25) is 0 Å². The van der Waals surface area contributed by atoms with Crippen molar-refractivity contribution in [2.45, 2.75) is 53.4 Å². The summed E-state index contributed by atoms with van der Waals surface area (Å²) >= 11 is 0. The molecule has 0 heterocycles. The van der Waals surface area contributed by atoms with Crippen LogP contribution < -0.4 is 0 Å². The molecule has 0 rings (SSSR count). The molecule has 0 unspecified atom stereocenters. The zero-order chi connectivity index (χ0) is 9.40. The Hall–Kier alpha value is -0.520. The van der Waals surface area contributed by atoms with E-state index in [4.69, 9.17) is 0 Å². The summed E-state index contributed by atoms with van der Waals surface area (Å²) in [6.45, 7) is 8.84. The van der Waals surface area contributed by atoms with Crippen molar-refractivity contribution < 1.29 is 0 Å². The van der Waals surface area contributed by atoms with Crippen molar-refractivity contribution in [3.05, 3.63) is 23.3 Å². The first-order valence-corrected chi connectivity index (χ1v) is 5.04.